The molecule has 0 aliphatic rings. The first-order valence-corrected chi connectivity index (χ1v) is 7.11. The van der Waals surface area contributed by atoms with E-state index in [1.54, 1.807) is 30.5 Å². The second-order valence-corrected chi connectivity index (χ2v) is 5.15. The number of methoxy groups -OCH3 is 3. The van der Waals surface area contributed by atoms with Gasteiger partial charge in [-0.25, -0.2) is 4.98 Å². The van der Waals surface area contributed by atoms with Gasteiger partial charge in [0.2, 0.25) is 5.75 Å². The number of pyridine rings is 1. The molecule has 0 saturated heterocycles. The molecule has 1 aromatic heterocycles. The summed E-state index contributed by atoms with van der Waals surface area (Å²) in [5.74, 6) is 1.38. The first kappa shape index (κ1) is 16.1. The minimum Gasteiger partial charge on any atom is -0.493 e. The van der Waals surface area contributed by atoms with Crippen molar-refractivity contribution in [3.8, 4) is 17.2 Å². The number of carbonyl (C=O) groups is 1. The van der Waals surface area contributed by atoms with Gasteiger partial charge >= 0.3 is 0 Å². The molecule has 1 amide bonds. The molecule has 2 aromatic rings. The molecule has 0 aliphatic carbocycles. The molecule has 1 heterocycles. The molecule has 22 heavy (non-hydrogen) atoms. The Kier molecular flexibility index (Phi) is 5.21. The van der Waals surface area contributed by atoms with Crippen molar-refractivity contribution in [3.05, 3.63) is 40.5 Å². The summed E-state index contributed by atoms with van der Waals surface area (Å²) in [6.07, 6.45) is 1.60. The smallest absolute Gasteiger partial charge is 0.257 e. The summed E-state index contributed by atoms with van der Waals surface area (Å²) < 4.78 is 16.5. The zero-order valence-electron chi connectivity index (χ0n) is 12.3. The third-order valence-electron chi connectivity index (χ3n) is 2.90. The van der Waals surface area contributed by atoms with Crippen LogP contribution in [0, 0.1) is 0 Å². The highest BCUT2D eigenvalue weighted by Crippen LogP contribution is 2.38. The number of hydrogen-bond acceptors (Lipinski definition) is 5. The van der Waals surface area contributed by atoms with Crippen molar-refractivity contribution < 1.29 is 19.0 Å². The van der Waals surface area contributed by atoms with Crippen LogP contribution in [-0.4, -0.2) is 32.2 Å². The van der Waals surface area contributed by atoms with Crippen molar-refractivity contribution in [1.29, 1.82) is 0 Å². The number of benzene rings is 1. The monoisotopic (exact) mass is 366 g/mol. The predicted octanol–water partition coefficient (Wildman–Crippen LogP) is 3.12. The number of halogens is 1. The van der Waals surface area contributed by atoms with Crippen LogP contribution in [-0.2, 0) is 0 Å². The molecule has 7 heteroatoms. The standard InChI is InChI=1S/C15H15BrN2O4/c1-20-11-6-9(7-12(21-2)14(11)22-3)15(19)18-13-5-4-10(16)8-17-13/h4-8H,1-3H3,(H,17,18,19). The molecule has 0 radical (unpaired) electrons. The zero-order chi connectivity index (χ0) is 16.1. The molecule has 0 aliphatic heterocycles. The van der Waals surface area contributed by atoms with Gasteiger partial charge in [0.25, 0.3) is 5.91 Å². The fourth-order valence-corrected chi connectivity index (χ4v) is 2.08. The van der Waals surface area contributed by atoms with Crippen LogP contribution in [0.3, 0.4) is 0 Å². The molecule has 2 rings (SSSR count). The summed E-state index contributed by atoms with van der Waals surface area (Å²) >= 11 is 3.29. The van der Waals surface area contributed by atoms with Gasteiger partial charge in [-0.05, 0) is 40.2 Å². The van der Waals surface area contributed by atoms with Gasteiger partial charge in [0.15, 0.2) is 11.5 Å². The Morgan fingerprint density at radius 3 is 2.18 bits per heavy atom. The van der Waals surface area contributed by atoms with E-state index in [1.165, 1.54) is 21.3 Å². The molecule has 0 unspecified atom stereocenters. The first-order valence-electron chi connectivity index (χ1n) is 6.32. The lowest BCUT2D eigenvalue weighted by molar-refractivity contribution is 0.102. The molecule has 0 fully saturated rings. The molecule has 1 aromatic carbocycles. The Bertz CT molecular complexity index is 649. The summed E-state index contributed by atoms with van der Waals surface area (Å²) in [4.78, 5) is 16.4. The Morgan fingerprint density at radius 2 is 1.73 bits per heavy atom. The molecule has 0 bridgehead atoms. The molecule has 1 N–H and O–H groups in total. The lowest BCUT2D eigenvalue weighted by atomic mass is 10.1. The maximum atomic E-state index is 12.3. The average Bonchev–Trinajstić information content (AvgIpc) is 2.55. The van der Waals surface area contributed by atoms with Crippen LogP contribution >= 0.6 is 15.9 Å². The third-order valence-corrected chi connectivity index (χ3v) is 3.36. The van der Waals surface area contributed by atoms with Gasteiger partial charge in [-0.2, -0.15) is 0 Å². The number of nitrogens with one attached hydrogen (secondary N) is 1. The van der Waals surface area contributed by atoms with Gasteiger partial charge < -0.3 is 19.5 Å². The summed E-state index contributed by atoms with van der Waals surface area (Å²) in [6, 6.07) is 6.64. The van der Waals surface area contributed by atoms with E-state index in [0.29, 0.717) is 28.6 Å². The highest BCUT2D eigenvalue weighted by Gasteiger charge is 2.17. The van der Waals surface area contributed by atoms with E-state index in [4.69, 9.17) is 14.2 Å². The summed E-state index contributed by atoms with van der Waals surface area (Å²) in [7, 11) is 4.50. The average molecular weight is 367 g/mol. The Balaban J connectivity index is 2.31. The molecule has 0 saturated carbocycles. The second kappa shape index (κ2) is 7.13. The Labute approximate surface area is 136 Å². The fourth-order valence-electron chi connectivity index (χ4n) is 1.85. The number of anilines is 1. The highest BCUT2D eigenvalue weighted by molar-refractivity contribution is 9.10. The number of ether oxygens (including phenoxy) is 3. The van der Waals surface area contributed by atoms with Crippen molar-refractivity contribution in [2.75, 3.05) is 26.6 Å². The number of hydrogen-bond donors (Lipinski definition) is 1. The van der Waals surface area contributed by atoms with E-state index < -0.39 is 0 Å². The van der Waals surface area contributed by atoms with E-state index in [2.05, 4.69) is 26.2 Å². The van der Waals surface area contributed by atoms with Gasteiger partial charge in [0.1, 0.15) is 5.82 Å². The number of amides is 1. The van der Waals surface area contributed by atoms with E-state index in [0.717, 1.165) is 4.47 Å². The van der Waals surface area contributed by atoms with Gasteiger partial charge in [0.05, 0.1) is 21.3 Å². The van der Waals surface area contributed by atoms with E-state index in [1.807, 2.05) is 0 Å². The van der Waals surface area contributed by atoms with Crippen molar-refractivity contribution in [3.63, 3.8) is 0 Å². The molecule has 6 nitrogen and oxygen atoms in total. The van der Waals surface area contributed by atoms with Crippen LogP contribution in [0.2, 0.25) is 0 Å². The largest absolute Gasteiger partial charge is 0.493 e. The lowest BCUT2D eigenvalue weighted by Crippen LogP contribution is -2.13. The third kappa shape index (κ3) is 3.48. The van der Waals surface area contributed by atoms with E-state index >= 15 is 0 Å². The summed E-state index contributed by atoms with van der Waals surface area (Å²) in [5, 5.41) is 2.70. The minimum atomic E-state index is -0.325. The first-order chi connectivity index (χ1) is 10.6. The number of aromatic nitrogens is 1. The van der Waals surface area contributed by atoms with E-state index in [-0.39, 0.29) is 5.91 Å². The topological polar surface area (TPSA) is 69.7 Å². The summed E-state index contributed by atoms with van der Waals surface area (Å²) in [5.41, 5.74) is 0.374. The summed E-state index contributed by atoms with van der Waals surface area (Å²) in [6.45, 7) is 0. The maximum absolute atomic E-state index is 12.3. The van der Waals surface area contributed by atoms with Gasteiger partial charge in [-0.1, -0.05) is 0 Å². The van der Waals surface area contributed by atoms with Crippen LogP contribution in [0.4, 0.5) is 5.82 Å². The number of rotatable bonds is 5. The maximum Gasteiger partial charge on any atom is 0.257 e. The van der Waals surface area contributed by atoms with Crippen LogP contribution in [0.15, 0.2) is 34.9 Å². The van der Waals surface area contributed by atoms with Crippen LogP contribution in [0.1, 0.15) is 10.4 Å². The van der Waals surface area contributed by atoms with Crippen LogP contribution < -0.4 is 19.5 Å². The molecule has 0 spiro atoms. The Morgan fingerprint density at radius 1 is 1.09 bits per heavy atom. The molecular weight excluding hydrogens is 352 g/mol. The molecule has 116 valence electrons. The lowest BCUT2D eigenvalue weighted by Gasteiger charge is -2.14. The fraction of sp³-hybridized carbons (Fsp3) is 0.200. The molecule has 0 atom stereocenters. The Hall–Kier alpha value is -2.28. The zero-order valence-corrected chi connectivity index (χ0v) is 13.9. The SMILES string of the molecule is COc1cc(C(=O)Nc2ccc(Br)cn2)cc(OC)c1OC. The van der Waals surface area contributed by atoms with Gasteiger partial charge in [0, 0.05) is 16.2 Å². The van der Waals surface area contributed by atoms with Crippen molar-refractivity contribution in [2.45, 2.75) is 0 Å². The van der Waals surface area contributed by atoms with Crippen LogP contribution in [0.5, 0.6) is 17.2 Å². The van der Waals surface area contributed by atoms with Gasteiger partial charge in [-0.3, -0.25) is 4.79 Å². The van der Waals surface area contributed by atoms with Crippen molar-refractivity contribution in [1.82, 2.24) is 4.98 Å². The van der Waals surface area contributed by atoms with E-state index in [9.17, 15) is 4.79 Å². The highest BCUT2D eigenvalue weighted by atomic mass is 79.9. The normalized spacial score (nSPS) is 10.0. The van der Waals surface area contributed by atoms with Crippen LogP contribution in [0.25, 0.3) is 0 Å². The molecular formula is C15H15BrN2O4. The predicted molar refractivity (Wildman–Crippen MR) is 86.0 cm³/mol. The number of carbonyl (C=O) groups excluding carboxylic acids is 1. The quantitative estimate of drug-likeness (QED) is 0.880. The van der Waals surface area contributed by atoms with Crippen molar-refractivity contribution >= 4 is 27.7 Å². The van der Waals surface area contributed by atoms with Gasteiger partial charge in [-0.15, -0.1) is 0 Å². The minimum absolute atomic E-state index is 0.325. The second-order valence-electron chi connectivity index (χ2n) is 4.23. The number of nitrogens with zero attached hydrogens (tertiary/aromatic N) is 1. The van der Waals surface area contributed by atoms with Crippen molar-refractivity contribution in [2.24, 2.45) is 0 Å².